The van der Waals surface area contributed by atoms with Crippen LogP contribution in [0.15, 0.2) is 18.6 Å². The number of anilines is 1. The van der Waals surface area contributed by atoms with E-state index in [-0.39, 0.29) is 5.91 Å². The van der Waals surface area contributed by atoms with Crippen molar-refractivity contribution < 1.29 is 4.79 Å². The monoisotopic (exact) mass is 317 g/mol. The second-order valence-corrected chi connectivity index (χ2v) is 6.63. The maximum Gasteiger partial charge on any atom is 0.234 e. The molecule has 1 aliphatic heterocycles. The lowest BCUT2D eigenvalue weighted by Gasteiger charge is -2.34. The Balaban J connectivity index is 1.36. The highest BCUT2D eigenvalue weighted by Crippen LogP contribution is 2.22. The van der Waals surface area contributed by atoms with Crippen LogP contribution in [0.3, 0.4) is 0 Å². The summed E-state index contributed by atoms with van der Waals surface area (Å²) in [4.78, 5) is 25.0. The summed E-state index contributed by atoms with van der Waals surface area (Å²) >= 11 is 0. The lowest BCUT2D eigenvalue weighted by Crippen LogP contribution is -2.50. The third kappa shape index (κ3) is 4.89. The van der Waals surface area contributed by atoms with Crippen molar-refractivity contribution >= 4 is 11.7 Å². The normalized spacial score (nSPS) is 20.4. The summed E-state index contributed by atoms with van der Waals surface area (Å²) in [5.41, 5.74) is 0. The first-order chi connectivity index (χ1) is 11.3. The topological polar surface area (TPSA) is 61.4 Å². The van der Waals surface area contributed by atoms with Crippen LogP contribution in [0, 0.1) is 5.92 Å². The SMILES string of the molecule is O=C(CN1CCN(c2cnccn2)CC1)NCC1CCCCC1. The van der Waals surface area contributed by atoms with Crippen molar-refractivity contribution in [2.24, 2.45) is 5.92 Å². The summed E-state index contributed by atoms with van der Waals surface area (Å²) in [6.45, 7) is 4.96. The fourth-order valence-electron chi connectivity index (χ4n) is 3.50. The number of amides is 1. The summed E-state index contributed by atoms with van der Waals surface area (Å²) in [6.07, 6.45) is 11.8. The molecule has 0 unspecified atom stereocenters. The van der Waals surface area contributed by atoms with Crippen LogP contribution in [0.25, 0.3) is 0 Å². The van der Waals surface area contributed by atoms with Gasteiger partial charge < -0.3 is 10.2 Å². The Kier molecular flexibility index (Phi) is 5.80. The Morgan fingerprint density at radius 2 is 1.91 bits per heavy atom. The predicted molar refractivity (Wildman–Crippen MR) is 90.3 cm³/mol. The van der Waals surface area contributed by atoms with Gasteiger partial charge in [0.1, 0.15) is 5.82 Å². The number of piperazine rings is 1. The zero-order valence-electron chi connectivity index (χ0n) is 13.8. The van der Waals surface area contributed by atoms with Gasteiger partial charge in [0.15, 0.2) is 0 Å². The maximum absolute atomic E-state index is 12.1. The van der Waals surface area contributed by atoms with Gasteiger partial charge in [-0.1, -0.05) is 19.3 Å². The molecule has 1 saturated heterocycles. The molecule has 2 heterocycles. The summed E-state index contributed by atoms with van der Waals surface area (Å²) < 4.78 is 0. The Morgan fingerprint density at radius 3 is 2.61 bits per heavy atom. The molecule has 1 aromatic rings. The molecular formula is C17H27N5O. The van der Waals surface area contributed by atoms with Gasteiger partial charge >= 0.3 is 0 Å². The molecule has 0 atom stereocenters. The molecule has 2 aliphatic rings. The third-order valence-corrected chi connectivity index (χ3v) is 4.93. The van der Waals surface area contributed by atoms with Crippen molar-refractivity contribution in [3.63, 3.8) is 0 Å². The van der Waals surface area contributed by atoms with Crippen molar-refractivity contribution in [2.45, 2.75) is 32.1 Å². The second kappa shape index (κ2) is 8.24. The van der Waals surface area contributed by atoms with Crippen molar-refractivity contribution in [2.75, 3.05) is 44.2 Å². The molecule has 1 aromatic heterocycles. The first-order valence-corrected chi connectivity index (χ1v) is 8.81. The fraction of sp³-hybridized carbons (Fsp3) is 0.706. The average molecular weight is 317 g/mol. The highest BCUT2D eigenvalue weighted by Gasteiger charge is 2.20. The van der Waals surface area contributed by atoms with Crippen LogP contribution in [0.2, 0.25) is 0 Å². The van der Waals surface area contributed by atoms with E-state index in [2.05, 4.69) is 25.1 Å². The van der Waals surface area contributed by atoms with Gasteiger partial charge in [0.05, 0.1) is 12.7 Å². The van der Waals surface area contributed by atoms with Gasteiger partial charge in [0.25, 0.3) is 0 Å². The third-order valence-electron chi connectivity index (χ3n) is 4.93. The number of hydrogen-bond donors (Lipinski definition) is 1. The van der Waals surface area contributed by atoms with Gasteiger partial charge in [-0.25, -0.2) is 4.98 Å². The minimum Gasteiger partial charge on any atom is -0.355 e. The van der Waals surface area contributed by atoms with Crippen molar-refractivity contribution in [3.05, 3.63) is 18.6 Å². The standard InChI is InChI=1S/C17H27N5O/c23-17(20-12-15-4-2-1-3-5-15)14-21-8-10-22(11-9-21)16-13-18-6-7-19-16/h6-7,13,15H,1-5,8-12,14H2,(H,20,23). The van der Waals surface area contributed by atoms with E-state index in [1.54, 1.807) is 18.6 Å². The average Bonchev–Trinajstić information content (AvgIpc) is 2.62. The number of hydrogen-bond acceptors (Lipinski definition) is 5. The largest absolute Gasteiger partial charge is 0.355 e. The predicted octanol–water partition coefficient (Wildman–Crippen LogP) is 1.30. The summed E-state index contributed by atoms with van der Waals surface area (Å²) in [5.74, 6) is 1.79. The molecule has 1 amide bonds. The molecule has 0 bridgehead atoms. The van der Waals surface area contributed by atoms with Crippen LogP contribution in [0.5, 0.6) is 0 Å². The van der Waals surface area contributed by atoms with E-state index in [1.807, 2.05) is 0 Å². The van der Waals surface area contributed by atoms with E-state index in [0.717, 1.165) is 38.5 Å². The number of carbonyl (C=O) groups is 1. The van der Waals surface area contributed by atoms with Gasteiger partial charge in [-0.05, 0) is 18.8 Å². The quantitative estimate of drug-likeness (QED) is 0.887. The Morgan fingerprint density at radius 1 is 1.13 bits per heavy atom. The molecule has 126 valence electrons. The molecule has 1 aliphatic carbocycles. The molecule has 3 rings (SSSR count). The van der Waals surface area contributed by atoms with E-state index >= 15 is 0 Å². The Labute approximate surface area is 138 Å². The first kappa shape index (κ1) is 16.2. The highest BCUT2D eigenvalue weighted by atomic mass is 16.2. The molecule has 6 heteroatoms. The van der Waals surface area contributed by atoms with Crippen LogP contribution in [-0.2, 0) is 4.79 Å². The number of rotatable bonds is 5. The van der Waals surface area contributed by atoms with Crippen molar-refractivity contribution in [3.8, 4) is 0 Å². The maximum atomic E-state index is 12.1. The molecule has 0 spiro atoms. The Hall–Kier alpha value is -1.69. The number of nitrogens with zero attached hydrogens (tertiary/aromatic N) is 4. The van der Waals surface area contributed by atoms with E-state index in [0.29, 0.717) is 12.5 Å². The Bertz CT molecular complexity index is 481. The lowest BCUT2D eigenvalue weighted by atomic mass is 9.89. The van der Waals surface area contributed by atoms with Gasteiger partial charge in [-0.3, -0.25) is 14.7 Å². The number of carbonyl (C=O) groups excluding carboxylic acids is 1. The van der Waals surface area contributed by atoms with Crippen molar-refractivity contribution in [1.29, 1.82) is 0 Å². The van der Waals surface area contributed by atoms with E-state index in [1.165, 1.54) is 32.1 Å². The molecule has 1 N–H and O–H groups in total. The molecule has 2 fully saturated rings. The van der Waals surface area contributed by atoms with Gasteiger partial charge in [0.2, 0.25) is 5.91 Å². The lowest BCUT2D eigenvalue weighted by molar-refractivity contribution is -0.122. The summed E-state index contributed by atoms with van der Waals surface area (Å²) in [5, 5.41) is 3.13. The highest BCUT2D eigenvalue weighted by molar-refractivity contribution is 5.78. The molecule has 0 aromatic carbocycles. The van der Waals surface area contributed by atoms with E-state index < -0.39 is 0 Å². The van der Waals surface area contributed by atoms with Gasteiger partial charge in [-0.15, -0.1) is 0 Å². The van der Waals surface area contributed by atoms with Crippen LogP contribution in [0.1, 0.15) is 32.1 Å². The number of nitrogens with one attached hydrogen (secondary N) is 1. The summed E-state index contributed by atoms with van der Waals surface area (Å²) in [7, 11) is 0. The molecule has 6 nitrogen and oxygen atoms in total. The van der Waals surface area contributed by atoms with Crippen LogP contribution in [0.4, 0.5) is 5.82 Å². The van der Waals surface area contributed by atoms with Crippen molar-refractivity contribution in [1.82, 2.24) is 20.2 Å². The zero-order chi connectivity index (χ0) is 15.9. The minimum atomic E-state index is 0.170. The van der Waals surface area contributed by atoms with Gasteiger partial charge in [-0.2, -0.15) is 0 Å². The molecule has 0 radical (unpaired) electrons. The van der Waals surface area contributed by atoms with Crippen LogP contribution in [-0.4, -0.2) is 60.0 Å². The molecule has 23 heavy (non-hydrogen) atoms. The molecule has 1 saturated carbocycles. The number of aromatic nitrogens is 2. The zero-order valence-corrected chi connectivity index (χ0v) is 13.8. The van der Waals surface area contributed by atoms with E-state index in [4.69, 9.17) is 0 Å². The molecular weight excluding hydrogens is 290 g/mol. The minimum absolute atomic E-state index is 0.170. The summed E-state index contributed by atoms with van der Waals surface area (Å²) in [6, 6.07) is 0. The van der Waals surface area contributed by atoms with Gasteiger partial charge in [0, 0.05) is 45.1 Å². The second-order valence-electron chi connectivity index (χ2n) is 6.63. The fourth-order valence-corrected chi connectivity index (χ4v) is 3.50. The first-order valence-electron chi connectivity index (χ1n) is 8.81. The smallest absolute Gasteiger partial charge is 0.234 e. The van der Waals surface area contributed by atoms with E-state index in [9.17, 15) is 4.79 Å². The van der Waals surface area contributed by atoms with Crippen LogP contribution >= 0.6 is 0 Å². The van der Waals surface area contributed by atoms with Crippen LogP contribution < -0.4 is 10.2 Å².